The first-order chi connectivity index (χ1) is 5.70. The van der Waals surface area contributed by atoms with E-state index in [0.29, 0.717) is 5.58 Å². The summed E-state index contributed by atoms with van der Waals surface area (Å²) in [6.07, 6.45) is 3.23. The van der Waals surface area contributed by atoms with Crippen molar-refractivity contribution in [2.24, 2.45) is 7.05 Å². The standard InChI is InChI=1S/C8H6BrNO2/c1-10-4-6(9)5-2-3-12-7(5)8(10)11/h2-4H,1H3. The van der Waals surface area contributed by atoms with Crippen LogP contribution < -0.4 is 5.56 Å². The van der Waals surface area contributed by atoms with Crippen molar-refractivity contribution in [3.05, 3.63) is 33.4 Å². The molecule has 2 aromatic heterocycles. The van der Waals surface area contributed by atoms with Crippen LogP contribution in [0.2, 0.25) is 0 Å². The molecule has 3 nitrogen and oxygen atoms in total. The zero-order chi connectivity index (χ0) is 8.72. The summed E-state index contributed by atoms with van der Waals surface area (Å²) in [4.78, 5) is 11.4. The first-order valence-electron chi connectivity index (χ1n) is 3.42. The van der Waals surface area contributed by atoms with Gasteiger partial charge in [-0.25, -0.2) is 0 Å². The van der Waals surface area contributed by atoms with Crippen molar-refractivity contribution in [3.8, 4) is 0 Å². The Morgan fingerprint density at radius 3 is 3.08 bits per heavy atom. The summed E-state index contributed by atoms with van der Waals surface area (Å²) >= 11 is 3.34. The number of halogens is 1. The molecule has 0 aliphatic carbocycles. The molecule has 0 N–H and O–H groups in total. The lowest BCUT2D eigenvalue weighted by molar-refractivity contribution is 0.605. The minimum absolute atomic E-state index is 0.113. The van der Waals surface area contributed by atoms with Crippen LogP contribution in [0.1, 0.15) is 0 Å². The van der Waals surface area contributed by atoms with Gasteiger partial charge in [0.15, 0.2) is 5.58 Å². The molecule has 2 rings (SSSR count). The van der Waals surface area contributed by atoms with Crippen LogP contribution in [0.15, 0.2) is 32.2 Å². The van der Waals surface area contributed by atoms with Crippen molar-refractivity contribution >= 4 is 26.9 Å². The largest absolute Gasteiger partial charge is 0.458 e. The van der Waals surface area contributed by atoms with Crippen molar-refractivity contribution in [1.29, 1.82) is 0 Å². The number of hydrogen-bond acceptors (Lipinski definition) is 2. The lowest BCUT2D eigenvalue weighted by Gasteiger charge is -1.97. The third-order valence-corrected chi connectivity index (χ3v) is 2.38. The van der Waals surface area contributed by atoms with Crippen LogP contribution in [0.5, 0.6) is 0 Å². The number of rotatable bonds is 0. The second-order valence-corrected chi connectivity index (χ2v) is 3.41. The number of aryl methyl sites for hydroxylation is 1. The van der Waals surface area contributed by atoms with Gasteiger partial charge in [-0.2, -0.15) is 0 Å². The van der Waals surface area contributed by atoms with E-state index < -0.39 is 0 Å². The predicted octanol–water partition coefficient (Wildman–Crippen LogP) is 1.89. The van der Waals surface area contributed by atoms with Crippen LogP contribution in [0.25, 0.3) is 11.0 Å². The highest BCUT2D eigenvalue weighted by Gasteiger charge is 2.06. The second-order valence-electron chi connectivity index (χ2n) is 2.56. The van der Waals surface area contributed by atoms with Crippen LogP contribution >= 0.6 is 15.9 Å². The van der Waals surface area contributed by atoms with E-state index in [0.717, 1.165) is 9.86 Å². The second kappa shape index (κ2) is 2.48. The van der Waals surface area contributed by atoms with Gasteiger partial charge in [0.2, 0.25) is 0 Å². The van der Waals surface area contributed by atoms with Crippen LogP contribution in [0.4, 0.5) is 0 Å². The monoisotopic (exact) mass is 227 g/mol. The van der Waals surface area contributed by atoms with Crippen LogP contribution in [0, 0.1) is 0 Å². The average Bonchev–Trinajstić information content (AvgIpc) is 2.48. The van der Waals surface area contributed by atoms with E-state index >= 15 is 0 Å². The van der Waals surface area contributed by atoms with E-state index in [-0.39, 0.29) is 5.56 Å². The maximum atomic E-state index is 11.4. The minimum Gasteiger partial charge on any atom is -0.458 e. The Bertz CT molecular complexity index is 483. The van der Waals surface area contributed by atoms with E-state index in [9.17, 15) is 4.79 Å². The third kappa shape index (κ3) is 0.914. The Morgan fingerprint density at radius 2 is 2.33 bits per heavy atom. The minimum atomic E-state index is -0.113. The summed E-state index contributed by atoms with van der Waals surface area (Å²) in [6.45, 7) is 0. The summed E-state index contributed by atoms with van der Waals surface area (Å²) < 4.78 is 7.40. The number of fused-ring (bicyclic) bond motifs is 1. The molecule has 4 heteroatoms. The van der Waals surface area contributed by atoms with Crippen LogP contribution in [-0.4, -0.2) is 4.57 Å². The van der Waals surface area contributed by atoms with E-state index in [1.807, 2.05) is 0 Å². The van der Waals surface area contributed by atoms with E-state index in [4.69, 9.17) is 4.42 Å². The SMILES string of the molecule is Cn1cc(Br)c2ccoc2c1=O. The lowest BCUT2D eigenvalue weighted by atomic mass is 10.3. The van der Waals surface area contributed by atoms with Gasteiger partial charge in [0.05, 0.1) is 6.26 Å². The molecular weight excluding hydrogens is 222 g/mol. The highest BCUT2D eigenvalue weighted by molar-refractivity contribution is 9.10. The fourth-order valence-corrected chi connectivity index (χ4v) is 1.74. The molecule has 0 saturated carbocycles. The molecular formula is C8H6BrNO2. The normalized spacial score (nSPS) is 10.8. The molecule has 0 aliphatic heterocycles. The number of nitrogens with zero attached hydrogens (tertiary/aromatic N) is 1. The molecule has 0 aromatic carbocycles. The fourth-order valence-electron chi connectivity index (χ4n) is 1.12. The maximum Gasteiger partial charge on any atom is 0.293 e. The smallest absolute Gasteiger partial charge is 0.293 e. The van der Waals surface area contributed by atoms with E-state index in [1.54, 1.807) is 19.3 Å². The summed E-state index contributed by atoms with van der Waals surface area (Å²) in [5.74, 6) is 0. The quantitative estimate of drug-likeness (QED) is 0.690. The van der Waals surface area contributed by atoms with Gasteiger partial charge in [0, 0.05) is 23.1 Å². The van der Waals surface area contributed by atoms with Crippen molar-refractivity contribution in [2.75, 3.05) is 0 Å². The molecule has 0 spiro atoms. The van der Waals surface area contributed by atoms with Gasteiger partial charge >= 0.3 is 0 Å². The first kappa shape index (κ1) is 7.61. The van der Waals surface area contributed by atoms with Gasteiger partial charge in [-0.05, 0) is 22.0 Å². The molecule has 0 radical (unpaired) electrons. The highest BCUT2D eigenvalue weighted by atomic mass is 79.9. The third-order valence-electron chi connectivity index (χ3n) is 1.74. The predicted molar refractivity (Wildman–Crippen MR) is 49.2 cm³/mol. The fraction of sp³-hybridized carbons (Fsp3) is 0.125. The summed E-state index contributed by atoms with van der Waals surface area (Å²) in [5.41, 5.74) is 0.282. The molecule has 2 heterocycles. The number of pyridine rings is 1. The molecule has 12 heavy (non-hydrogen) atoms. The van der Waals surface area contributed by atoms with Gasteiger partial charge in [-0.1, -0.05) is 0 Å². The number of furan rings is 1. The zero-order valence-electron chi connectivity index (χ0n) is 6.37. The van der Waals surface area contributed by atoms with Gasteiger partial charge in [0.25, 0.3) is 5.56 Å². The van der Waals surface area contributed by atoms with Crippen molar-refractivity contribution < 1.29 is 4.42 Å². The number of hydrogen-bond donors (Lipinski definition) is 0. The molecule has 0 bridgehead atoms. The van der Waals surface area contributed by atoms with E-state index in [2.05, 4.69) is 15.9 Å². The Kier molecular flexibility index (Phi) is 1.58. The molecule has 0 amide bonds. The molecule has 0 saturated heterocycles. The summed E-state index contributed by atoms with van der Waals surface area (Å²) in [5, 5.41) is 0.818. The maximum absolute atomic E-state index is 11.4. The first-order valence-corrected chi connectivity index (χ1v) is 4.22. The van der Waals surface area contributed by atoms with Crippen molar-refractivity contribution in [2.45, 2.75) is 0 Å². The molecule has 0 atom stereocenters. The Labute approximate surface area is 76.7 Å². The Morgan fingerprint density at radius 1 is 1.58 bits per heavy atom. The van der Waals surface area contributed by atoms with Crippen LogP contribution in [-0.2, 0) is 7.05 Å². The van der Waals surface area contributed by atoms with Gasteiger partial charge in [-0.15, -0.1) is 0 Å². The van der Waals surface area contributed by atoms with E-state index in [1.165, 1.54) is 10.8 Å². The molecule has 0 unspecified atom stereocenters. The van der Waals surface area contributed by atoms with Crippen molar-refractivity contribution in [3.63, 3.8) is 0 Å². The highest BCUT2D eigenvalue weighted by Crippen LogP contribution is 2.20. The zero-order valence-corrected chi connectivity index (χ0v) is 7.96. The Balaban J connectivity index is 3.07. The van der Waals surface area contributed by atoms with Gasteiger partial charge in [0.1, 0.15) is 0 Å². The molecule has 62 valence electrons. The summed E-state index contributed by atoms with van der Waals surface area (Å²) in [7, 11) is 1.69. The number of aromatic nitrogens is 1. The molecule has 0 fully saturated rings. The topological polar surface area (TPSA) is 35.1 Å². The van der Waals surface area contributed by atoms with Crippen molar-refractivity contribution in [1.82, 2.24) is 4.57 Å². The van der Waals surface area contributed by atoms with Gasteiger partial charge < -0.3 is 8.98 Å². The average molecular weight is 228 g/mol. The summed E-state index contributed by atoms with van der Waals surface area (Å²) in [6, 6.07) is 1.76. The van der Waals surface area contributed by atoms with Gasteiger partial charge in [-0.3, -0.25) is 4.79 Å². The molecule has 0 aliphatic rings. The van der Waals surface area contributed by atoms with Crippen LogP contribution in [0.3, 0.4) is 0 Å². The Hall–Kier alpha value is -1.03. The molecule has 2 aromatic rings. The lowest BCUT2D eigenvalue weighted by Crippen LogP contribution is -2.15.